The van der Waals surface area contributed by atoms with Crippen LogP contribution in [0, 0.1) is 0 Å². The minimum atomic E-state index is 0.528. The van der Waals surface area contributed by atoms with Gasteiger partial charge in [-0.05, 0) is 118 Å². The lowest BCUT2D eigenvalue weighted by Crippen LogP contribution is -2.01. The summed E-state index contributed by atoms with van der Waals surface area (Å²) in [4.78, 5) is 41.1. The standard InChI is InChI=1S/C76H42N8O2/c1-2-15-45(16-3-1)71-79-73(83-74(80-71)59-24-10-26-63-67(59)69-65(85-63)28-12-40-77-69)58-23-9-22-51-55-37-36-53-47(20-8-21-50(53)54(55)38-39-56(51)58)44-30-32-46(33-31-44)72-81-75(60-25-11-27-64-68(60)70-66(86-64)29-13-41-78-70)84-76(82-72)62-42-61-48-17-5-4-14-43(48)34-35-57(61)49-18-6-7-19-52(49)62/h1-42H. The van der Waals surface area contributed by atoms with Gasteiger partial charge in [-0.2, -0.15) is 0 Å². The minimum absolute atomic E-state index is 0.528. The van der Waals surface area contributed by atoms with Gasteiger partial charge in [0.2, 0.25) is 0 Å². The van der Waals surface area contributed by atoms with Crippen LogP contribution in [-0.2, 0) is 0 Å². The summed E-state index contributed by atoms with van der Waals surface area (Å²) in [6, 6.07) is 84.0. The second-order valence-electron chi connectivity index (χ2n) is 21.7. The van der Waals surface area contributed by atoms with E-state index >= 15 is 0 Å². The Bertz CT molecular complexity index is 5860. The summed E-state index contributed by atoms with van der Waals surface area (Å²) in [5, 5.41) is 15.3. The summed E-state index contributed by atoms with van der Waals surface area (Å²) in [5.74, 6) is 3.35. The van der Waals surface area contributed by atoms with Crippen LogP contribution in [0.5, 0.6) is 0 Å². The van der Waals surface area contributed by atoms with E-state index in [0.29, 0.717) is 51.7 Å². The van der Waals surface area contributed by atoms with Gasteiger partial charge in [0.1, 0.15) is 22.2 Å². The third kappa shape index (κ3) is 7.46. The minimum Gasteiger partial charge on any atom is -0.454 e. The maximum atomic E-state index is 6.35. The van der Waals surface area contributed by atoms with Crippen molar-refractivity contribution in [2.24, 2.45) is 0 Å². The summed E-state index contributed by atoms with van der Waals surface area (Å²) >= 11 is 0. The molecule has 10 heteroatoms. The van der Waals surface area contributed by atoms with Crippen LogP contribution in [0.3, 0.4) is 0 Å². The number of hydrogen-bond donors (Lipinski definition) is 0. The normalized spacial score (nSPS) is 12.0. The van der Waals surface area contributed by atoms with E-state index in [4.69, 9.17) is 48.7 Å². The number of nitrogens with zero attached hydrogens (tertiary/aromatic N) is 8. The number of rotatable bonds is 7. The Morgan fingerprint density at radius 1 is 0.221 bits per heavy atom. The van der Waals surface area contributed by atoms with Crippen molar-refractivity contribution in [1.29, 1.82) is 0 Å². The molecule has 0 aliphatic heterocycles. The Morgan fingerprint density at radius 2 is 0.616 bits per heavy atom. The van der Waals surface area contributed by atoms with Crippen LogP contribution in [0.1, 0.15) is 0 Å². The Morgan fingerprint density at radius 3 is 1.24 bits per heavy atom. The zero-order chi connectivity index (χ0) is 56.4. The van der Waals surface area contributed by atoms with Gasteiger partial charge in [-0.3, -0.25) is 9.97 Å². The molecule has 12 aromatic carbocycles. The third-order valence-corrected chi connectivity index (χ3v) is 16.9. The lowest BCUT2D eigenvalue weighted by molar-refractivity contribution is 0.668. The number of hydrogen-bond acceptors (Lipinski definition) is 10. The van der Waals surface area contributed by atoms with E-state index in [0.717, 1.165) is 120 Å². The summed E-state index contributed by atoms with van der Waals surface area (Å²) in [6.45, 7) is 0. The molecule has 0 spiro atoms. The van der Waals surface area contributed by atoms with Crippen LogP contribution in [0.2, 0.25) is 0 Å². The van der Waals surface area contributed by atoms with Gasteiger partial charge in [0.15, 0.2) is 46.1 Å². The van der Waals surface area contributed by atoms with Gasteiger partial charge in [-0.15, -0.1) is 0 Å². The van der Waals surface area contributed by atoms with Crippen LogP contribution < -0.4 is 0 Å². The zero-order valence-electron chi connectivity index (χ0n) is 45.6. The van der Waals surface area contributed by atoms with Crippen molar-refractivity contribution in [3.63, 3.8) is 0 Å². The summed E-state index contributed by atoms with van der Waals surface area (Å²) in [7, 11) is 0. The molecule has 0 N–H and O–H groups in total. The van der Waals surface area contributed by atoms with Crippen molar-refractivity contribution >= 4 is 109 Å². The van der Waals surface area contributed by atoms with E-state index in [1.807, 2.05) is 91.0 Å². The summed E-state index contributed by atoms with van der Waals surface area (Å²) in [5.41, 5.74) is 11.8. The average Bonchev–Trinajstić information content (AvgIpc) is 1.18. The molecular weight excluding hydrogens is 1060 g/mol. The molecule has 0 aliphatic rings. The van der Waals surface area contributed by atoms with E-state index in [9.17, 15) is 0 Å². The zero-order valence-corrected chi connectivity index (χ0v) is 45.6. The molecular formula is C76H42N8O2. The molecule has 0 aliphatic carbocycles. The van der Waals surface area contributed by atoms with E-state index in [1.165, 1.54) is 16.2 Å². The maximum absolute atomic E-state index is 6.35. The molecule has 6 heterocycles. The van der Waals surface area contributed by atoms with E-state index in [1.54, 1.807) is 12.4 Å². The van der Waals surface area contributed by atoms with Crippen LogP contribution >= 0.6 is 0 Å². The van der Waals surface area contributed by atoms with Crippen LogP contribution in [0.25, 0.3) is 188 Å². The lowest BCUT2D eigenvalue weighted by atomic mass is 9.91. The first-order chi connectivity index (χ1) is 42.6. The summed E-state index contributed by atoms with van der Waals surface area (Å²) < 4.78 is 12.6. The number of benzene rings is 12. The van der Waals surface area contributed by atoms with Gasteiger partial charge in [0, 0.05) is 45.8 Å². The number of aromatic nitrogens is 8. The van der Waals surface area contributed by atoms with Gasteiger partial charge < -0.3 is 8.83 Å². The van der Waals surface area contributed by atoms with Gasteiger partial charge >= 0.3 is 0 Å². The molecule has 10 nitrogen and oxygen atoms in total. The molecule has 0 saturated carbocycles. The highest BCUT2D eigenvalue weighted by molar-refractivity contribution is 6.22. The molecule has 86 heavy (non-hydrogen) atoms. The second kappa shape index (κ2) is 18.8. The van der Waals surface area contributed by atoms with Crippen molar-refractivity contribution in [3.05, 3.63) is 255 Å². The highest BCUT2D eigenvalue weighted by Gasteiger charge is 2.23. The average molecular weight is 1100 g/mol. The van der Waals surface area contributed by atoms with E-state index in [2.05, 4.69) is 152 Å². The van der Waals surface area contributed by atoms with E-state index in [-0.39, 0.29) is 0 Å². The van der Waals surface area contributed by atoms with Gasteiger partial charge in [-0.25, -0.2) is 29.9 Å². The third-order valence-electron chi connectivity index (χ3n) is 16.9. The first-order valence-electron chi connectivity index (χ1n) is 28.5. The number of furan rings is 2. The molecule has 398 valence electrons. The van der Waals surface area contributed by atoms with Crippen molar-refractivity contribution in [3.8, 4) is 79.5 Å². The SMILES string of the molecule is c1ccc(-c2nc(-c3cccc4c3ccc3c5cccc(-c6ccc(-c7nc(-c8cc9c%10ccccc%10ccc9c9ccccc89)nc(-c8cccc9oc%10cccnc%10c89)n7)cc6)c5ccc43)nc(-c3cccc4oc5cccnc5c34)n2)cc1. The second-order valence-corrected chi connectivity index (χ2v) is 21.7. The number of pyridine rings is 2. The largest absolute Gasteiger partial charge is 0.454 e. The predicted molar refractivity (Wildman–Crippen MR) is 346 cm³/mol. The highest BCUT2D eigenvalue weighted by Crippen LogP contribution is 2.43. The fourth-order valence-corrected chi connectivity index (χ4v) is 13.0. The Hall–Kier alpha value is -11.9. The van der Waals surface area contributed by atoms with Crippen LogP contribution in [-0.4, -0.2) is 39.9 Å². The first kappa shape index (κ1) is 47.7. The highest BCUT2D eigenvalue weighted by atomic mass is 16.3. The molecule has 0 atom stereocenters. The number of fused-ring (bicyclic) bond motifs is 16. The molecule has 0 bridgehead atoms. The maximum Gasteiger partial charge on any atom is 0.164 e. The molecule has 0 unspecified atom stereocenters. The summed E-state index contributed by atoms with van der Waals surface area (Å²) in [6.07, 6.45) is 3.58. The Kier molecular flexibility index (Phi) is 10.5. The van der Waals surface area contributed by atoms with Gasteiger partial charge in [0.25, 0.3) is 0 Å². The fourth-order valence-electron chi connectivity index (χ4n) is 13.0. The monoisotopic (exact) mass is 1100 g/mol. The molecule has 0 amide bonds. The van der Waals surface area contributed by atoms with Crippen LogP contribution in [0.15, 0.2) is 264 Å². The molecule has 0 fully saturated rings. The molecule has 0 saturated heterocycles. The van der Waals surface area contributed by atoms with Crippen molar-refractivity contribution < 1.29 is 8.83 Å². The van der Waals surface area contributed by atoms with Crippen molar-refractivity contribution in [2.75, 3.05) is 0 Å². The topological polar surface area (TPSA) is 129 Å². The van der Waals surface area contributed by atoms with Crippen molar-refractivity contribution in [2.45, 2.75) is 0 Å². The van der Waals surface area contributed by atoms with E-state index < -0.39 is 0 Å². The molecule has 6 aromatic heterocycles. The fraction of sp³-hybridized carbons (Fsp3) is 0. The Labute approximate surface area is 489 Å². The quantitative estimate of drug-likeness (QED) is 0.142. The lowest BCUT2D eigenvalue weighted by Gasteiger charge is -2.14. The van der Waals surface area contributed by atoms with Crippen molar-refractivity contribution in [1.82, 2.24) is 39.9 Å². The van der Waals surface area contributed by atoms with Crippen LogP contribution in [0.4, 0.5) is 0 Å². The smallest absolute Gasteiger partial charge is 0.164 e. The first-order valence-corrected chi connectivity index (χ1v) is 28.5. The molecule has 0 radical (unpaired) electrons. The van der Waals surface area contributed by atoms with Gasteiger partial charge in [0.05, 0.1) is 10.8 Å². The molecule has 18 aromatic rings. The van der Waals surface area contributed by atoms with Gasteiger partial charge in [-0.1, -0.05) is 200 Å². The predicted octanol–water partition coefficient (Wildman–Crippen LogP) is 19.2. The molecule has 18 rings (SSSR count). The Balaban J connectivity index is 0.761.